The number of hydrogen-bond donors (Lipinski definition) is 1. The summed E-state index contributed by atoms with van der Waals surface area (Å²) in [6.07, 6.45) is 1.72. The molecule has 0 bridgehead atoms. The minimum atomic E-state index is 0.0324. The molecule has 6 nitrogen and oxygen atoms in total. The molecule has 2 aromatic rings. The van der Waals surface area contributed by atoms with E-state index in [-0.39, 0.29) is 11.7 Å². The van der Waals surface area contributed by atoms with Gasteiger partial charge in [0.15, 0.2) is 5.16 Å². The number of carbonyl (C=O) groups excluding carboxylic acids is 1. The van der Waals surface area contributed by atoms with Crippen LogP contribution in [0.5, 0.6) is 0 Å². The maximum absolute atomic E-state index is 12.3. The molecule has 1 amide bonds. The fraction of sp³-hybridized carbons (Fsp3) is 0.312. The summed E-state index contributed by atoms with van der Waals surface area (Å²) >= 11 is 1.33. The lowest BCUT2D eigenvalue weighted by atomic mass is 10.1. The highest BCUT2D eigenvalue weighted by atomic mass is 32.2. The highest BCUT2D eigenvalue weighted by Crippen LogP contribution is 2.19. The topological polar surface area (TPSA) is 77.0 Å². The van der Waals surface area contributed by atoms with Gasteiger partial charge in [0, 0.05) is 20.1 Å². The van der Waals surface area contributed by atoms with E-state index in [1.54, 1.807) is 22.6 Å². The minimum absolute atomic E-state index is 0.0324. The van der Waals surface area contributed by atoms with Crippen molar-refractivity contribution in [1.29, 1.82) is 0 Å². The Hall–Kier alpha value is -2.28. The van der Waals surface area contributed by atoms with Crippen LogP contribution in [0.4, 0.5) is 5.95 Å². The summed E-state index contributed by atoms with van der Waals surface area (Å²) in [6.45, 7) is 6.84. The third-order valence-corrected chi connectivity index (χ3v) is 4.43. The van der Waals surface area contributed by atoms with Crippen molar-refractivity contribution in [2.45, 2.75) is 25.2 Å². The smallest absolute Gasteiger partial charge is 0.233 e. The number of nitrogen functional groups attached to an aromatic ring is 1. The largest absolute Gasteiger partial charge is 0.368 e. The summed E-state index contributed by atoms with van der Waals surface area (Å²) < 4.78 is 1.73. The summed E-state index contributed by atoms with van der Waals surface area (Å²) in [5.74, 6) is 0.649. The van der Waals surface area contributed by atoms with Gasteiger partial charge in [0.2, 0.25) is 11.9 Å². The van der Waals surface area contributed by atoms with Crippen LogP contribution < -0.4 is 5.73 Å². The number of amides is 1. The first-order chi connectivity index (χ1) is 11.0. The van der Waals surface area contributed by atoms with Gasteiger partial charge in [0.05, 0.1) is 5.75 Å². The summed E-state index contributed by atoms with van der Waals surface area (Å²) in [5.41, 5.74) is 8.07. The molecule has 2 rings (SSSR count). The van der Waals surface area contributed by atoms with Gasteiger partial charge in [-0.2, -0.15) is 0 Å². The van der Waals surface area contributed by atoms with Crippen LogP contribution in [-0.4, -0.2) is 38.4 Å². The van der Waals surface area contributed by atoms with Gasteiger partial charge in [-0.3, -0.25) is 9.36 Å². The molecule has 0 spiro atoms. The van der Waals surface area contributed by atoms with Crippen LogP contribution in [0.3, 0.4) is 0 Å². The van der Waals surface area contributed by atoms with Crippen molar-refractivity contribution >= 4 is 23.6 Å². The second-order valence-corrected chi connectivity index (χ2v) is 6.15. The lowest BCUT2D eigenvalue weighted by Crippen LogP contribution is -2.28. The molecule has 0 atom stereocenters. The molecule has 122 valence electrons. The van der Waals surface area contributed by atoms with Crippen molar-refractivity contribution < 1.29 is 4.79 Å². The Bertz CT molecular complexity index is 698. The maximum atomic E-state index is 12.3. The summed E-state index contributed by atoms with van der Waals surface area (Å²) in [4.78, 5) is 14.0. The number of anilines is 1. The van der Waals surface area contributed by atoms with Crippen molar-refractivity contribution in [2.24, 2.45) is 0 Å². The Morgan fingerprint density at radius 2 is 2.17 bits per heavy atom. The molecule has 0 aliphatic rings. The van der Waals surface area contributed by atoms with Crippen LogP contribution in [0.25, 0.3) is 0 Å². The molecule has 0 saturated heterocycles. The SMILES string of the molecule is C=CCn1c(N)nnc1SCC(=O)N(C)Cc1ccccc1C. The van der Waals surface area contributed by atoms with Gasteiger partial charge in [0.1, 0.15) is 0 Å². The lowest BCUT2D eigenvalue weighted by molar-refractivity contribution is -0.127. The molecule has 0 aliphatic heterocycles. The number of hydrogen-bond acceptors (Lipinski definition) is 5. The van der Waals surface area contributed by atoms with Gasteiger partial charge < -0.3 is 10.6 Å². The van der Waals surface area contributed by atoms with Crippen molar-refractivity contribution in [2.75, 3.05) is 18.5 Å². The fourth-order valence-electron chi connectivity index (χ4n) is 2.08. The highest BCUT2D eigenvalue weighted by Gasteiger charge is 2.14. The standard InChI is InChI=1S/C16H21N5OS/c1-4-9-21-15(17)18-19-16(21)23-11-14(22)20(3)10-13-8-6-5-7-12(13)2/h4-8H,1,9-11H2,2-3H3,(H2,17,18). The Labute approximate surface area is 140 Å². The van der Waals surface area contributed by atoms with Crippen molar-refractivity contribution in [3.63, 3.8) is 0 Å². The normalized spacial score (nSPS) is 10.5. The lowest BCUT2D eigenvalue weighted by Gasteiger charge is -2.18. The van der Waals surface area contributed by atoms with Gasteiger partial charge in [-0.1, -0.05) is 42.1 Å². The van der Waals surface area contributed by atoms with Crippen LogP contribution in [0.1, 0.15) is 11.1 Å². The van der Waals surface area contributed by atoms with Crippen LogP contribution in [0.15, 0.2) is 42.1 Å². The predicted molar refractivity (Wildman–Crippen MR) is 93.0 cm³/mol. The van der Waals surface area contributed by atoms with E-state index in [0.717, 1.165) is 5.56 Å². The Morgan fingerprint density at radius 1 is 1.43 bits per heavy atom. The van der Waals surface area contributed by atoms with Crippen LogP contribution in [-0.2, 0) is 17.9 Å². The third kappa shape index (κ3) is 4.35. The number of aromatic nitrogens is 3. The molecule has 0 unspecified atom stereocenters. The van der Waals surface area contributed by atoms with E-state index in [1.807, 2.05) is 31.2 Å². The number of aryl methyl sites for hydroxylation is 1. The second-order valence-electron chi connectivity index (χ2n) is 5.21. The summed E-state index contributed by atoms with van der Waals surface area (Å²) in [6, 6.07) is 8.06. The molecule has 1 aromatic heterocycles. The van der Waals surface area contributed by atoms with E-state index in [0.29, 0.717) is 24.2 Å². The van der Waals surface area contributed by atoms with Crippen molar-refractivity contribution in [3.8, 4) is 0 Å². The molecular formula is C16H21N5OS. The second kappa shape index (κ2) is 7.82. The zero-order valence-corrected chi connectivity index (χ0v) is 14.2. The molecule has 0 saturated carbocycles. The van der Waals surface area contributed by atoms with E-state index in [2.05, 4.69) is 16.8 Å². The summed E-state index contributed by atoms with van der Waals surface area (Å²) in [5, 5.41) is 8.46. The fourth-order valence-corrected chi connectivity index (χ4v) is 2.97. The van der Waals surface area contributed by atoms with E-state index >= 15 is 0 Å². The monoisotopic (exact) mass is 331 g/mol. The van der Waals surface area contributed by atoms with E-state index in [1.165, 1.54) is 17.3 Å². The molecule has 2 N–H and O–H groups in total. The average molecular weight is 331 g/mol. The number of nitrogens with two attached hydrogens (primary N) is 1. The molecule has 7 heteroatoms. The third-order valence-electron chi connectivity index (χ3n) is 3.48. The molecule has 23 heavy (non-hydrogen) atoms. The molecule has 0 aliphatic carbocycles. The highest BCUT2D eigenvalue weighted by molar-refractivity contribution is 7.99. The molecule has 0 fully saturated rings. The van der Waals surface area contributed by atoms with E-state index in [4.69, 9.17) is 5.73 Å². The van der Waals surface area contributed by atoms with Crippen molar-refractivity contribution in [3.05, 3.63) is 48.0 Å². The van der Waals surface area contributed by atoms with Gasteiger partial charge in [-0.05, 0) is 18.1 Å². The minimum Gasteiger partial charge on any atom is -0.368 e. The van der Waals surface area contributed by atoms with E-state index in [9.17, 15) is 4.79 Å². The summed E-state index contributed by atoms with van der Waals surface area (Å²) in [7, 11) is 1.80. The zero-order valence-electron chi connectivity index (χ0n) is 13.4. The molecule has 1 heterocycles. The number of rotatable bonds is 7. The van der Waals surface area contributed by atoms with Crippen LogP contribution in [0.2, 0.25) is 0 Å². The Kier molecular flexibility index (Phi) is 5.81. The van der Waals surface area contributed by atoms with Crippen LogP contribution in [0, 0.1) is 6.92 Å². The molecule has 0 radical (unpaired) electrons. The number of benzene rings is 1. The number of carbonyl (C=O) groups is 1. The van der Waals surface area contributed by atoms with Gasteiger partial charge in [-0.15, -0.1) is 16.8 Å². The van der Waals surface area contributed by atoms with Gasteiger partial charge in [0.25, 0.3) is 0 Å². The predicted octanol–water partition coefficient (Wildman–Crippen LogP) is 2.11. The number of nitrogens with zero attached hydrogens (tertiary/aromatic N) is 4. The number of thioether (sulfide) groups is 1. The van der Waals surface area contributed by atoms with Gasteiger partial charge >= 0.3 is 0 Å². The first kappa shape index (κ1) is 17.1. The maximum Gasteiger partial charge on any atom is 0.233 e. The average Bonchev–Trinajstić information content (AvgIpc) is 2.88. The first-order valence-corrected chi connectivity index (χ1v) is 8.22. The first-order valence-electron chi connectivity index (χ1n) is 7.23. The van der Waals surface area contributed by atoms with E-state index < -0.39 is 0 Å². The zero-order chi connectivity index (χ0) is 16.8. The van der Waals surface area contributed by atoms with Crippen LogP contribution >= 0.6 is 11.8 Å². The van der Waals surface area contributed by atoms with Gasteiger partial charge in [-0.25, -0.2) is 0 Å². The van der Waals surface area contributed by atoms with Crippen molar-refractivity contribution in [1.82, 2.24) is 19.7 Å². The Balaban J connectivity index is 1.94. The molecule has 1 aromatic carbocycles. The molecular weight excluding hydrogens is 310 g/mol. The Morgan fingerprint density at radius 3 is 2.87 bits per heavy atom. The quantitative estimate of drug-likeness (QED) is 0.621. The number of allylic oxidation sites excluding steroid dienone is 1.